The van der Waals surface area contributed by atoms with Gasteiger partial charge in [0, 0.05) is 11.6 Å². The fourth-order valence-corrected chi connectivity index (χ4v) is 3.11. The molecule has 0 heterocycles. The Bertz CT molecular complexity index is 449. The Kier molecular flexibility index (Phi) is 3.76. The van der Waals surface area contributed by atoms with Crippen molar-refractivity contribution in [2.45, 2.75) is 70.4 Å². The molecule has 0 aromatic heterocycles. The average Bonchev–Trinajstić information content (AvgIpc) is 2.32. The lowest BCUT2D eigenvalue weighted by Gasteiger charge is -2.38. The SMILES string of the molecule is Cc1cc(C(C)(C)C)ccc1C1(N)CCC(N)CC1. The Balaban J connectivity index is 2.31. The molecule has 2 nitrogen and oxygen atoms in total. The summed E-state index contributed by atoms with van der Waals surface area (Å²) in [6.45, 7) is 8.94. The van der Waals surface area contributed by atoms with Gasteiger partial charge in [0.25, 0.3) is 0 Å². The molecule has 0 atom stereocenters. The van der Waals surface area contributed by atoms with E-state index in [-0.39, 0.29) is 11.0 Å². The van der Waals surface area contributed by atoms with Crippen LogP contribution in [-0.4, -0.2) is 6.04 Å². The number of rotatable bonds is 1. The summed E-state index contributed by atoms with van der Waals surface area (Å²) in [5.41, 5.74) is 16.7. The quantitative estimate of drug-likeness (QED) is 0.813. The summed E-state index contributed by atoms with van der Waals surface area (Å²) < 4.78 is 0. The van der Waals surface area contributed by atoms with Crippen molar-refractivity contribution in [3.05, 3.63) is 34.9 Å². The van der Waals surface area contributed by atoms with Gasteiger partial charge < -0.3 is 11.5 Å². The normalized spacial score (nSPS) is 28.4. The van der Waals surface area contributed by atoms with Crippen LogP contribution in [0.1, 0.15) is 63.1 Å². The lowest BCUT2D eigenvalue weighted by molar-refractivity contribution is 0.276. The molecule has 19 heavy (non-hydrogen) atoms. The van der Waals surface area contributed by atoms with Gasteiger partial charge >= 0.3 is 0 Å². The van der Waals surface area contributed by atoms with Crippen molar-refractivity contribution < 1.29 is 0 Å². The van der Waals surface area contributed by atoms with Gasteiger partial charge in [-0.05, 0) is 54.7 Å². The summed E-state index contributed by atoms with van der Waals surface area (Å²) in [4.78, 5) is 0. The highest BCUT2D eigenvalue weighted by Gasteiger charge is 2.33. The van der Waals surface area contributed by atoms with Gasteiger partial charge in [0.1, 0.15) is 0 Å². The zero-order chi connectivity index (χ0) is 14.3. The second-order valence-electron chi connectivity index (χ2n) is 7.27. The van der Waals surface area contributed by atoms with Crippen LogP contribution in [0.2, 0.25) is 0 Å². The summed E-state index contributed by atoms with van der Waals surface area (Å²) in [5.74, 6) is 0. The number of benzene rings is 1. The molecule has 1 aromatic carbocycles. The molecule has 0 unspecified atom stereocenters. The minimum absolute atomic E-state index is 0.170. The van der Waals surface area contributed by atoms with E-state index in [1.807, 2.05) is 0 Å². The van der Waals surface area contributed by atoms with E-state index in [1.165, 1.54) is 16.7 Å². The van der Waals surface area contributed by atoms with Crippen LogP contribution in [0.15, 0.2) is 18.2 Å². The summed E-state index contributed by atoms with van der Waals surface area (Å²) in [7, 11) is 0. The van der Waals surface area contributed by atoms with Gasteiger partial charge in [-0.15, -0.1) is 0 Å². The highest BCUT2D eigenvalue weighted by molar-refractivity contribution is 5.38. The molecule has 106 valence electrons. The van der Waals surface area contributed by atoms with Crippen LogP contribution in [0.4, 0.5) is 0 Å². The fourth-order valence-electron chi connectivity index (χ4n) is 3.11. The molecule has 0 bridgehead atoms. The largest absolute Gasteiger partial charge is 0.328 e. The van der Waals surface area contributed by atoms with Gasteiger partial charge in [0.2, 0.25) is 0 Å². The van der Waals surface area contributed by atoms with Crippen molar-refractivity contribution in [1.82, 2.24) is 0 Å². The predicted octanol–water partition coefficient (Wildman–Crippen LogP) is 3.35. The Morgan fingerprint density at radius 3 is 2.21 bits per heavy atom. The lowest BCUT2D eigenvalue weighted by atomic mass is 9.73. The Morgan fingerprint density at radius 2 is 1.74 bits per heavy atom. The molecule has 1 aliphatic carbocycles. The summed E-state index contributed by atoms with van der Waals surface area (Å²) in [6.07, 6.45) is 4.08. The number of hydrogen-bond acceptors (Lipinski definition) is 2. The van der Waals surface area contributed by atoms with E-state index in [1.54, 1.807) is 0 Å². The molecule has 4 N–H and O–H groups in total. The minimum atomic E-state index is -0.170. The molecule has 0 radical (unpaired) electrons. The molecule has 1 saturated carbocycles. The van der Waals surface area contributed by atoms with Gasteiger partial charge in [0.15, 0.2) is 0 Å². The number of hydrogen-bond donors (Lipinski definition) is 2. The fraction of sp³-hybridized carbons (Fsp3) is 0.647. The zero-order valence-electron chi connectivity index (χ0n) is 12.8. The first kappa shape index (κ1) is 14.5. The van der Waals surface area contributed by atoms with Crippen LogP contribution in [0.25, 0.3) is 0 Å². The Morgan fingerprint density at radius 1 is 1.16 bits per heavy atom. The van der Waals surface area contributed by atoms with Crippen LogP contribution in [0, 0.1) is 6.92 Å². The molecule has 0 aliphatic heterocycles. The highest BCUT2D eigenvalue weighted by atomic mass is 14.8. The van der Waals surface area contributed by atoms with Gasteiger partial charge in [-0.25, -0.2) is 0 Å². The molecule has 2 heteroatoms. The summed E-state index contributed by atoms with van der Waals surface area (Å²) in [6, 6.07) is 7.13. The number of nitrogens with two attached hydrogens (primary N) is 2. The first-order chi connectivity index (χ1) is 8.72. The van der Waals surface area contributed by atoms with Crippen molar-refractivity contribution in [3.63, 3.8) is 0 Å². The second-order valence-corrected chi connectivity index (χ2v) is 7.27. The van der Waals surface area contributed by atoms with E-state index < -0.39 is 0 Å². The first-order valence-electron chi connectivity index (χ1n) is 7.38. The van der Waals surface area contributed by atoms with Crippen molar-refractivity contribution >= 4 is 0 Å². The summed E-state index contributed by atoms with van der Waals surface area (Å²) in [5, 5.41) is 0. The number of aryl methyl sites for hydroxylation is 1. The third-order valence-corrected chi connectivity index (χ3v) is 4.55. The minimum Gasteiger partial charge on any atom is -0.328 e. The van der Waals surface area contributed by atoms with Gasteiger partial charge in [-0.1, -0.05) is 39.0 Å². The van der Waals surface area contributed by atoms with Crippen molar-refractivity contribution in [1.29, 1.82) is 0 Å². The molecule has 0 spiro atoms. The monoisotopic (exact) mass is 260 g/mol. The smallest absolute Gasteiger partial charge is 0.0413 e. The van der Waals surface area contributed by atoms with Crippen LogP contribution in [-0.2, 0) is 11.0 Å². The zero-order valence-corrected chi connectivity index (χ0v) is 12.8. The van der Waals surface area contributed by atoms with Crippen molar-refractivity contribution in [2.24, 2.45) is 11.5 Å². The maximum absolute atomic E-state index is 6.65. The van der Waals surface area contributed by atoms with E-state index in [2.05, 4.69) is 45.9 Å². The van der Waals surface area contributed by atoms with E-state index >= 15 is 0 Å². The van der Waals surface area contributed by atoms with E-state index in [4.69, 9.17) is 11.5 Å². The van der Waals surface area contributed by atoms with Crippen molar-refractivity contribution in [3.8, 4) is 0 Å². The third-order valence-electron chi connectivity index (χ3n) is 4.55. The molecule has 0 saturated heterocycles. The molecular weight excluding hydrogens is 232 g/mol. The predicted molar refractivity (Wildman–Crippen MR) is 82.2 cm³/mol. The molecule has 1 fully saturated rings. The van der Waals surface area contributed by atoms with E-state index in [0.29, 0.717) is 6.04 Å². The lowest BCUT2D eigenvalue weighted by Crippen LogP contribution is -2.44. The first-order valence-corrected chi connectivity index (χ1v) is 7.38. The standard InChI is InChI=1S/C17H28N2/c1-12-11-13(16(2,3)4)5-6-15(12)17(19)9-7-14(18)8-10-17/h5-6,11,14H,7-10,18-19H2,1-4H3. The Labute approximate surface area is 117 Å². The summed E-state index contributed by atoms with van der Waals surface area (Å²) >= 11 is 0. The van der Waals surface area contributed by atoms with Gasteiger partial charge in [-0.2, -0.15) is 0 Å². The maximum Gasteiger partial charge on any atom is 0.0413 e. The van der Waals surface area contributed by atoms with Crippen LogP contribution < -0.4 is 11.5 Å². The van der Waals surface area contributed by atoms with Crippen LogP contribution in [0.3, 0.4) is 0 Å². The van der Waals surface area contributed by atoms with Crippen LogP contribution >= 0.6 is 0 Å². The molecule has 0 amide bonds. The highest BCUT2D eigenvalue weighted by Crippen LogP contribution is 2.37. The maximum atomic E-state index is 6.65. The van der Waals surface area contributed by atoms with Gasteiger partial charge in [-0.3, -0.25) is 0 Å². The Hall–Kier alpha value is -0.860. The van der Waals surface area contributed by atoms with Crippen LogP contribution in [0.5, 0.6) is 0 Å². The van der Waals surface area contributed by atoms with Gasteiger partial charge in [0.05, 0.1) is 0 Å². The average molecular weight is 260 g/mol. The van der Waals surface area contributed by atoms with E-state index in [0.717, 1.165) is 25.7 Å². The van der Waals surface area contributed by atoms with Crippen molar-refractivity contribution in [2.75, 3.05) is 0 Å². The molecule has 1 aromatic rings. The molecular formula is C17H28N2. The third kappa shape index (κ3) is 3.01. The van der Waals surface area contributed by atoms with E-state index in [9.17, 15) is 0 Å². The topological polar surface area (TPSA) is 52.0 Å². The molecule has 1 aliphatic rings. The second kappa shape index (κ2) is 4.92. The molecule has 2 rings (SSSR count).